The van der Waals surface area contributed by atoms with Crippen molar-refractivity contribution in [2.75, 3.05) is 6.61 Å². The Morgan fingerprint density at radius 3 is 2.22 bits per heavy atom. The van der Waals surface area contributed by atoms with E-state index >= 15 is 0 Å². The molecule has 226 valence electrons. The molecule has 0 radical (unpaired) electrons. The van der Waals surface area contributed by atoms with Crippen LogP contribution in [0.15, 0.2) is 11.6 Å². The van der Waals surface area contributed by atoms with Crippen LogP contribution in [0.2, 0.25) is 0 Å². The van der Waals surface area contributed by atoms with Crippen LogP contribution >= 0.6 is 0 Å². The first-order valence-corrected chi connectivity index (χ1v) is 15.2. The number of Topliss-reactive ketones (excluding diaryl/α,β-unsaturated/α-hetero) is 2. The van der Waals surface area contributed by atoms with E-state index < -0.39 is 23.0 Å². The van der Waals surface area contributed by atoms with E-state index in [0.717, 1.165) is 32.1 Å². The van der Waals surface area contributed by atoms with E-state index in [2.05, 4.69) is 40.7 Å². The van der Waals surface area contributed by atoms with Crippen LogP contribution in [-0.2, 0) is 19.1 Å². The quantitative estimate of drug-likeness (QED) is 0.324. The second-order valence-corrected chi connectivity index (χ2v) is 16.0. The number of hydrogen-bond acceptors (Lipinski definition) is 5. The number of ether oxygens (including phenoxy) is 1. The summed E-state index contributed by atoms with van der Waals surface area (Å²) in [7, 11) is 0. The molecule has 41 heavy (non-hydrogen) atoms. The molecule has 5 aliphatic rings. The highest BCUT2D eigenvalue weighted by atomic mass is 19.4. The number of esters is 1. The molecule has 4 saturated carbocycles. The third-order valence-corrected chi connectivity index (χ3v) is 13.1. The minimum atomic E-state index is -5.02. The van der Waals surface area contributed by atoms with Gasteiger partial charge in [0.15, 0.2) is 5.78 Å². The second-order valence-electron chi connectivity index (χ2n) is 16.0. The summed E-state index contributed by atoms with van der Waals surface area (Å²) in [6.45, 7) is 14.6. The van der Waals surface area contributed by atoms with Gasteiger partial charge in [0.25, 0.3) is 0 Å². The summed E-state index contributed by atoms with van der Waals surface area (Å²) >= 11 is 0. The molecule has 0 saturated heterocycles. The van der Waals surface area contributed by atoms with E-state index in [-0.39, 0.29) is 75.5 Å². The Labute approximate surface area is 241 Å². The number of rotatable bonds is 2. The smallest absolute Gasteiger partial charge is 0.459 e. The van der Waals surface area contributed by atoms with Gasteiger partial charge >= 0.3 is 12.1 Å². The summed E-state index contributed by atoms with van der Waals surface area (Å²) in [5, 5.41) is 9.87. The van der Waals surface area contributed by atoms with Gasteiger partial charge in [-0.2, -0.15) is 18.4 Å². The van der Waals surface area contributed by atoms with E-state index in [1.807, 2.05) is 19.9 Å². The average Bonchev–Trinajstić information content (AvgIpc) is 2.84. The molecule has 8 heteroatoms. The molecular weight excluding hydrogens is 531 g/mol. The molecule has 0 heterocycles. The molecule has 5 rings (SSSR count). The van der Waals surface area contributed by atoms with Gasteiger partial charge in [-0.25, -0.2) is 4.79 Å². The summed E-state index contributed by atoms with van der Waals surface area (Å²) < 4.78 is 43.5. The number of carbonyl (C=O) groups excluding carboxylic acids is 3. The van der Waals surface area contributed by atoms with Crippen molar-refractivity contribution < 1.29 is 32.3 Å². The molecule has 0 aliphatic heterocycles. The van der Waals surface area contributed by atoms with Gasteiger partial charge in [-0.15, -0.1) is 0 Å². The van der Waals surface area contributed by atoms with Crippen LogP contribution in [0.3, 0.4) is 0 Å². The number of fused-ring (bicyclic) bond motifs is 7. The van der Waals surface area contributed by atoms with Gasteiger partial charge in [0.1, 0.15) is 11.9 Å². The van der Waals surface area contributed by atoms with Crippen molar-refractivity contribution in [1.82, 2.24) is 0 Å². The molecule has 4 fully saturated rings. The third kappa shape index (κ3) is 4.26. The van der Waals surface area contributed by atoms with E-state index in [4.69, 9.17) is 4.74 Å². The van der Waals surface area contributed by atoms with Crippen molar-refractivity contribution in [3.05, 3.63) is 11.6 Å². The van der Waals surface area contributed by atoms with E-state index in [9.17, 15) is 32.8 Å². The Morgan fingerprint density at radius 2 is 1.61 bits per heavy atom. The topological polar surface area (TPSA) is 84.2 Å². The monoisotopic (exact) mass is 575 g/mol. The van der Waals surface area contributed by atoms with Crippen LogP contribution in [0.25, 0.3) is 0 Å². The van der Waals surface area contributed by atoms with Gasteiger partial charge in [-0.05, 0) is 89.8 Å². The number of halogens is 3. The lowest BCUT2D eigenvalue weighted by Crippen LogP contribution is -2.67. The summed E-state index contributed by atoms with van der Waals surface area (Å²) in [5.41, 5.74) is -1.70. The maximum atomic E-state index is 14.4. The van der Waals surface area contributed by atoms with Crippen molar-refractivity contribution in [3.8, 4) is 6.07 Å². The normalized spacial score (nSPS) is 44.8. The van der Waals surface area contributed by atoms with Gasteiger partial charge in [0.2, 0.25) is 0 Å². The summed E-state index contributed by atoms with van der Waals surface area (Å²) in [4.78, 5) is 39.2. The van der Waals surface area contributed by atoms with Gasteiger partial charge < -0.3 is 4.74 Å². The largest absolute Gasteiger partial charge is 0.490 e. The predicted octanol–water partition coefficient (Wildman–Crippen LogP) is 7.25. The predicted molar refractivity (Wildman–Crippen MR) is 146 cm³/mol. The van der Waals surface area contributed by atoms with E-state index in [1.54, 1.807) is 0 Å². The molecule has 0 amide bonds. The summed E-state index contributed by atoms with van der Waals surface area (Å²) in [5.74, 6) is -2.45. The van der Waals surface area contributed by atoms with Crippen molar-refractivity contribution in [1.29, 1.82) is 5.26 Å². The Hall–Kier alpha value is -2.17. The number of carbonyl (C=O) groups is 3. The third-order valence-electron chi connectivity index (χ3n) is 13.1. The fourth-order valence-electron chi connectivity index (χ4n) is 11.3. The molecule has 5 aliphatic carbocycles. The first kappa shape index (κ1) is 30.3. The molecule has 0 unspecified atom stereocenters. The standard InChI is InChI=1S/C33H44F3NO4/c1-28(2)13-19(17-41-27(40)33(34,35)36)20-8-10-32(7)25(21(20)15-28)22(38)12-24-30(5)14-18(16-37)26(39)29(3,4)23(30)9-11-31(24,32)6/h14,19-21,23-25H,8-13,15,17H2,1-7H3/t19-,20+,21-,23-,24+,25-,30-,31+,32+/m0/s1. The SMILES string of the molecule is CC1(C)C[C@@H](COC(=O)C(F)(F)F)[C@H]2CC[C@]3(C)[C@H](C(=O)C[C@@H]4[C@@]5(C)C=C(C#N)C(=O)C(C)(C)[C@@H]5CC[C@]43C)[C@H]2C1. The highest BCUT2D eigenvalue weighted by Crippen LogP contribution is 2.74. The highest BCUT2D eigenvalue weighted by Gasteiger charge is 2.71. The maximum Gasteiger partial charge on any atom is 0.490 e. The fraction of sp³-hybridized carbons (Fsp3) is 0.818. The molecule has 0 aromatic rings. The first-order valence-electron chi connectivity index (χ1n) is 15.2. The zero-order chi connectivity index (χ0) is 30.6. The average molecular weight is 576 g/mol. The highest BCUT2D eigenvalue weighted by molar-refractivity contribution is 6.04. The summed E-state index contributed by atoms with van der Waals surface area (Å²) in [6.07, 6.45) is 1.99. The lowest BCUT2D eigenvalue weighted by atomic mass is 9.32. The van der Waals surface area contributed by atoms with Crippen LogP contribution in [0.5, 0.6) is 0 Å². The Morgan fingerprint density at radius 1 is 0.976 bits per heavy atom. The molecule has 0 N–H and O–H groups in total. The molecule has 0 aromatic carbocycles. The molecule has 0 bridgehead atoms. The van der Waals surface area contributed by atoms with E-state index in [1.165, 1.54) is 0 Å². The van der Waals surface area contributed by atoms with Crippen LogP contribution in [0.4, 0.5) is 13.2 Å². The zero-order valence-electron chi connectivity index (χ0n) is 25.4. The van der Waals surface area contributed by atoms with Crippen molar-refractivity contribution in [3.63, 3.8) is 0 Å². The van der Waals surface area contributed by atoms with Gasteiger partial charge in [-0.3, -0.25) is 9.59 Å². The van der Waals surface area contributed by atoms with Crippen molar-refractivity contribution in [2.45, 2.75) is 99.6 Å². The molecule has 5 nitrogen and oxygen atoms in total. The van der Waals surface area contributed by atoms with E-state index in [0.29, 0.717) is 12.8 Å². The van der Waals surface area contributed by atoms with Crippen LogP contribution in [-0.4, -0.2) is 30.3 Å². The summed E-state index contributed by atoms with van der Waals surface area (Å²) in [6, 6.07) is 2.15. The Balaban J connectivity index is 1.51. The first-order chi connectivity index (χ1) is 18.7. The lowest BCUT2D eigenvalue weighted by molar-refractivity contribution is -0.218. The number of allylic oxidation sites excluding steroid dienone is 2. The minimum Gasteiger partial charge on any atom is -0.459 e. The van der Waals surface area contributed by atoms with Gasteiger partial charge in [0.05, 0.1) is 12.2 Å². The van der Waals surface area contributed by atoms with Crippen LogP contribution in [0, 0.1) is 73.9 Å². The number of ketones is 2. The zero-order valence-corrected chi connectivity index (χ0v) is 25.4. The van der Waals surface area contributed by atoms with Crippen molar-refractivity contribution in [2.24, 2.45) is 62.6 Å². The number of nitriles is 1. The minimum absolute atomic E-state index is 0.0116. The molecular formula is C33H44F3NO4. The lowest BCUT2D eigenvalue weighted by Gasteiger charge is -2.71. The van der Waals surface area contributed by atoms with Gasteiger partial charge in [-0.1, -0.05) is 54.5 Å². The van der Waals surface area contributed by atoms with Gasteiger partial charge in [0, 0.05) is 17.8 Å². The van der Waals surface area contributed by atoms with Crippen molar-refractivity contribution >= 4 is 17.5 Å². The molecule has 0 aromatic heterocycles. The van der Waals surface area contributed by atoms with Crippen LogP contribution in [0.1, 0.15) is 93.4 Å². The maximum absolute atomic E-state index is 14.4. The number of nitrogens with zero attached hydrogens (tertiary/aromatic N) is 1. The number of hydrogen-bond donors (Lipinski definition) is 0. The molecule has 9 atom stereocenters. The molecule has 0 spiro atoms. The fourth-order valence-corrected chi connectivity index (χ4v) is 11.3. The number of alkyl halides is 3. The van der Waals surface area contributed by atoms with Crippen LogP contribution < -0.4 is 0 Å². The Kier molecular flexibility index (Phi) is 6.77. The second kappa shape index (κ2) is 9.16. The Bertz CT molecular complexity index is 1240.